The molecule has 15 heteroatoms. The monoisotopic (exact) mass is 530 g/mol. The van der Waals surface area contributed by atoms with Crippen molar-refractivity contribution < 1.29 is 32.2 Å². The third-order valence-electron chi connectivity index (χ3n) is 5.00. The van der Waals surface area contributed by atoms with Gasteiger partial charge in [0, 0.05) is 16.7 Å². The summed E-state index contributed by atoms with van der Waals surface area (Å²) in [5.41, 5.74) is -0.861. The molecule has 0 aliphatic carbocycles. The summed E-state index contributed by atoms with van der Waals surface area (Å²) in [6, 6.07) is 8.28. The number of alkyl halides is 3. The molecular formula is C21H16ClF5N6O3. The zero-order chi connectivity index (χ0) is 26.2. The van der Waals surface area contributed by atoms with Crippen molar-refractivity contribution in [2.24, 2.45) is 0 Å². The first-order chi connectivity index (χ1) is 17.0. The summed E-state index contributed by atoms with van der Waals surface area (Å²) in [5.74, 6) is -2.25. The second-order valence-corrected chi connectivity index (χ2v) is 8.02. The highest BCUT2D eigenvalue weighted by atomic mass is 35.5. The number of benzene rings is 2. The quantitative estimate of drug-likeness (QED) is 0.356. The first kappa shape index (κ1) is 25.5. The van der Waals surface area contributed by atoms with Crippen molar-refractivity contribution in [1.82, 2.24) is 29.1 Å². The zero-order valence-electron chi connectivity index (χ0n) is 18.0. The minimum Gasteiger partial charge on any atom is -0.388 e. The molecule has 2 heterocycles. The second-order valence-electron chi connectivity index (χ2n) is 7.58. The van der Waals surface area contributed by atoms with Crippen molar-refractivity contribution in [3.05, 3.63) is 81.3 Å². The summed E-state index contributed by atoms with van der Waals surface area (Å²) in [4.78, 5) is 17.0. The van der Waals surface area contributed by atoms with Crippen molar-refractivity contribution in [2.75, 3.05) is 0 Å². The SMILES string of the molecule is O=c1n(Cc2nc(CO)n(-c3cc(F)cc(F)c3)n2)nc(-c2ccc(Cl)cc2)n1C[C@H](O)C(F)(F)F. The van der Waals surface area contributed by atoms with Gasteiger partial charge in [0.1, 0.15) is 24.8 Å². The van der Waals surface area contributed by atoms with Crippen LogP contribution in [-0.2, 0) is 19.7 Å². The van der Waals surface area contributed by atoms with E-state index in [1.54, 1.807) is 0 Å². The van der Waals surface area contributed by atoms with Crippen LogP contribution in [0.25, 0.3) is 17.1 Å². The predicted octanol–water partition coefficient (Wildman–Crippen LogP) is 2.69. The number of hydrogen-bond donors (Lipinski definition) is 2. The lowest BCUT2D eigenvalue weighted by Crippen LogP contribution is -2.37. The van der Waals surface area contributed by atoms with E-state index in [4.69, 9.17) is 11.6 Å². The van der Waals surface area contributed by atoms with E-state index in [0.29, 0.717) is 15.7 Å². The van der Waals surface area contributed by atoms with Crippen molar-refractivity contribution in [3.63, 3.8) is 0 Å². The van der Waals surface area contributed by atoms with E-state index in [1.807, 2.05) is 0 Å². The van der Waals surface area contributed by atoms with Gasteiger partial charge in [-0.1, -0.05) is 11.6 Å². The molecule has 0 aliphatic heterocycles. The van der Waals surface area contributed by atoms with Crippen molar-refractivity contribution in [1.29, 1.82) is 0 Å². The fourth-order valence-electron chi connectivity index (χ4n) is 3.36. The van der Waals surface area contributed by atoms with Crippen LogP contribution in [-0.4, -0.2) is 51.6 Å². The van der Waals surface area contributed by atoms with Crippen LogP contribution in [0.5, 0.6) is 0 Å². The highest BCUT2D eigenvalue weighted by Crippen LogP contribution is 2.24. The molecule has 4 rings (SSSR count). The van der Waals surface area contributed by atoms with Gasteiger partial charge in [0.25, 0.3) is 0 Å². The largest absolute Gasteiger partial charge is 0.416 e. The topological polar surface area (TPSA) is 111 Å². The molecular weight excluding hydrogens is 515 g/mol. The summed E-state index contributed by atoms with van der Waals surface area (Å²) in [6.07, 6.45) is -7.84. The number of nitrogens with zero attached hydrogens (tertiary/aromatic N) is 6. The average Bonchev–Trinajstić information content (AvgIpc) is 3.35. The summed E-state index contributed by atoms with van der Waals surface area (Å²) in [5, 5.41) is 27.6. The molecule has 0 amide bonds. The molecule has 0 bridgehead atoms. The fraction of sp³-hybridized carbons (Fsp3) is 0.238. The van der Waals surface area contributed by atoms with Gasteiger partial charge in [-0.3, -0.25) is 4.57 Å². The Labute approximate surface area is 203 Å². The van der Waals surface area contributed by atoms with Crippen LogP contribution in [0.1, 0.15) is 11.6 Å². The standard InChI is InChI=1S/C21H16ClF5N6O3/c22-12-3-1-11(2-4-12)19-30-32(20(36)31(19)8-16(35)21(25,26)27)9-17-28-18(10-34)33(29-17)15-6-13(23)5-14(24)7-15/h1-7,16,34-35H,8-10H2/t16-/m0/s1. The molecule has 0 spiro atoms. The Morgan fingerprint density at radius 2 is 1.67 bits per heavy atom. The Kier molecular flexibility index (Phi) is 6.93. The van der Waals surface area contributed by atoms with Gasteiger partial charge in [-0.15, -0.1) is 10.2 Å². The maximum atomic E-state index is 13.6. The van der Waals surface area contributed by atoms with E-state index in [9.17, 15) is 37.0 Å². The molecule has 2 aromatic heterocycles. The Balaban J connectivity index is 1.75. The minimum atomic E-state index is -4.99. The highest BCUT2D eigenvalue weighted by Gasteiger charge is 2.39. The van der Waals surface area contributed by atoms with E-state index in [-0.39, 0.29) is 28.7 Å². The van der Waals surface area contributed by atoms with Crippen LogP contribution in [0.15, 0.2) is 47.3 Å². The van der Waals surface area contributed by atoms with E-state index in [2.05, 4.69) is 15.2 Å². The molecule has 0 fully saturated rings. The lowest BCUT2D eigenvalue weighted by Gasteiger charge is -2.15. The summed E-state index contributed by atoms with van der Waals surface area (Å²) in [6.45, 7) is -2.28. The molecule has 0 radical (unpaired) electrons. The number of hydrogen-bond acceptors (Lipinski definition) is 6. The first-order valence-electron chi connectivity index (χ1n) is 10.2. The zero-order valence-corrected chi connectivity index (χ0v) is 18.7. The van der Waals surface area contributed by atoms with Gasteiger partial charge in [0.05, 0.1) is 12.2 Å². The molecule has 0 aliphatic rings. The maximum absolute atomic E-state index is 13.6. The van der Waals surface area contributed by atoms with Gasteiger partial charge in [-0.2, -0.15) is 13.2 Å². The van der Waals surface area contributed by atoms with Crippen LogP contribution in [0.4, 0.5) is 22.0 Å². The molecule has 0 saturated heterocycles. The summed E-state index contributed by atoms with van der Waals surface area (Å²) >= 11 is 5.86. The number of aromatic nitrogens is 6. The average molecular weight is 531 g/mol. The van der Waals surface area contributed by atoms with Crippen LogP contribution in [0, 0.1) is 11.6 Å². The van der Waals surface area contributed by atoms with Gasteiger partial charge in [-0.05, 0) is 36.4 Å². The molecule has 2 aromatic carbocycles. The van der Waals surface area contributed by atoms with E-state index in [0.717, 1.165) is 21.5 Å². The van der Waals surface area contributed by atoms with Crippen LogP contribution in [0.2, 0.25) is 5.02 Å². The third-order valence-corrected chi connectivity index (χ3v) is 5.25. The van der Waals surface area contributed by atoms with Crippen LogP contribution < -0.4 is 5.69 Å². The van der Waals surface area contributed by atoms with Gasteiger partial charge in [0.2, 0.25) is 0 Å². The molecule has 4 aromatic rings. The molecule has 9 nitrogen and oxygen atoms in total. The van der Waals surface area contributed by atoms with E-state index in [1.165, 1.54) is 24.3 Å². The van der Waals surface area contributed by atoms with Gasteiger partial charge in [-0.25, -0.2) is 27.9 Å². The molecule has 190 valence electrons. The van der Waals surface area contributed by atoms with Crippen LogP contribution in [0.3, 0.4) is 0 Å². The predicted molar refractivity (Wildman–Crippen MR) is 115 cm³/mol. The normalized spacial score (nSPS) is 12.8. The molecule has 0 unspecified atom stereocenters. The second kappa shape index (κ2) is 9.79. The Morgan fingerprint density at radius 3 is 2.25 bits per heavy atom. The lowest BCUT2D eigenvalue weighted by molar-refractivity contribution is -0.207. The van der Waals surface area contributed by atoms with Gasteiger partial charge in [0.15, 0.2) is 23.6 Å². The molecule has 1 atom stereocenters. The lowest BCUT2D eigenvalue weighted by atomic mass is 10.2. The van der Waals surface area contributed by atoms with Crippen LogP contribution >= 0.6 is 11.6 Å². The van der Waals surface area contributed by atoms with Crippen molar-refractivity contribution >= 4 is 11.6 Å². The molecule has 0 saturated carbocycles. The van der Waals surface area contributed by atoms with Gasteiger partial charge < -0.3 is 10.2 Å². The summed E-state index contributed by atoms with van der Waals surface area (Å²) < 4.78 is 68.7. The number of aliphatic hydroxyl groups is 2. The Bertz CT molecular complexity index is 1430. The van der Waals surface area contributed by atoms with E-state index >= 15 is 0 Å². The first-order valence-corrected chi connectivity index (χ1v) is 10.5. The number of halogens is 6. The van der Waals surface area contributed by atoms with Gasteiger partial charge >= 0.3 is 11.9 Å². The van der Waals surface area contributed by atoms with E-state index < -0.39 is 49.3 Å². The smallest absolute Gasteiger partial charge is 0.388 e. The van der Waals surface area contributed by atoms with Crippen molar-refractivity contribution in [3.8, 4) is 17.1 Å². The minimum absolute atomic E-state index is 0.0941. The van der Waals surface area contributed by atoms with Crippen molar-refractivity contribution in [2.45, 2.75) is 32.0 Å². The molecule has 36 heavy (non-hydrogen) atoms. The Morgan fingerprint density at radius 1 is 1.03 bits per heavy atom. The number of rotatable bonds is 7. The number of aliphatic hydroxyl groups excluding tert-OH is 2. The summed E-state index contributed by atoms with van der Waals surface area (Å²) in [7, 11) is 0. The highest BCUT2D eigenvalue weighted by molar-refractivity contribution is 6.30. The molecule has 2 N–H and O–H groups in total. The Hall–Kier alpha value is -3.62. The third kappa shape index (κ3) is 5.29. The fourth-order valence-corrected chi connectivity index (χ4v) is 3.49. The maximum Gasteiger partial charge on any atom is 0.416 e.